The average Bonchev–Trinajstić information content (AvgIpc) is 3.12. The van der Waals surface area contributed by atoms with E-state index < -0.39 is 0 Å². The summed E-state index contributed by atoms with van der Waals surface area (Å²) in [5.74, 6) is 0.281. The molecule has 9 heteroatoms. The molecule has 0 atom stereocenters. The molecule has 0 spiro atoms. The number of hydrogen-bond donors (Lipinski definition) is 0. The zero-order valence-corrected chi connectivity index (χ0v) is 17.2. The van der Waals surface area contributed by atoms with Crippen molar-refractivity contribution in [3.05, 3.63) is 69.9 Å². The Balaban J connectivity index is 1.68. The number of nitrogens with zero attached hydrogens (tertiary/aromatic N) is 7. The lowest BCUT2D eigenvalue weighted by Gasteiger charge is -2.05. The molecule has 7 nitrogen and oxygen atoms in total. The van der Waals surface area contributed by atoms with E-state index >= 15 is 0 Å². The molecule has 0 N–H and O–H groups in total. The van der Waals surface area contributed by atoms with Crippen LogP contribution < -0.4 is 0 Å². The summed E-state index contributed by atoms with van der Waals surface area (Å²) in [4.78, 5) is 12.9. The lowest BCUT2D eigenvalue weighted by atomic mass is 10.1. The van der Waals surface area contributed by atoms with Gasteiger partial charge in [0, 0.05) is 25.1 Å². The van der Waals surface area contributed by atoms with Crippen LogP contribution in [-0.4, -0.2) is 34.5 Å². The highest BCUT2D eigenvalue weighted by atomic mass is 35.5. The van der Waals surface area contributed by atoms with Gasteiger partial charge in [-0.05, 0) is 32.9 Å². The molecule has 0 aliphatic rings. The van der Waals surface area contributed by atoms with Crippen molar-refractivity contribution in [2.24, 2.45) is 7.05 Å². The van der Waals surface area contributed by atoms with Gasteiger partial charge in [0.15, 0.2) is 5.82 Å². The van der Waals surface area contributed by atoms with Crippen LogP contribution in [0.15, 0.2) is 30.7 Å². The van der Waals surface area contributed by atoms with Crippen molar-refractivity contribution in [2.45, 2.75) is 27.2 Å². The maximum Gasteiger partial charge on any atom is 0.157 e. The van der Waals surface area contributed by atoms with Crippen LogP contribution in [0.3, 0.4) is 0 Å². The number of hydrogen-bond acceptors (Lipinski definition) is 5. The molecule has 4 heterocycles. The smallest absolute Gasteiger partial charge is 0.157 e. The zero-order valence-electron chi connectivity index (χ0n) is 16.5. The number of rotatable bonds is 4. The predicted molar refractivity (Wildman–Crippen MR) is 108 cm³/mol. The van der Waals surface area contributed by atoms with E-state index in [-0.39, 0.29) is 5.82 Å². The van der Waals surface area contributed by atoms with Crippen LogP contribution in [0.1, 0.15) is 28.3 Å². The van der Waals surface area contributed by atoms with E-state index in [4.69, 9.17) is 11.6 Å². The van der Waals surface area contributed by atoms with Gasteiger partial charge in [0.1, 0.15) is 12.1 Å². The van der Waals surface area contributed by atoms with Gasteiger partial charge in [-0.25, -0.2) is 19.0 Å². The molecular formula is C20H19ClFN7. The molecule has 0 saturated carbocycles. The second kappa shape index (κ2) is 7.36. The first-order chi connectivity index (χ1) is 13.8. The number of aromatic nitrogens is 7. The fraction of sp³-hybridized carbons (Fsp3) is 0.250. The highest BCUT2D eigenvalue weighted by Gasteiger charge is 2.17. The largest absolute Gasteiger partial charge is 0.266 e. The molecule has 0 bridgehead atoms. The molecule has 0 aliphatic heterocycles. The maximum absolute atomic E-state index is 13.2. The molecular weight excluding hydrogens is 393 g/mol. The molecule has 4 aromatic rings. The summed E-state index contributed by atoms with van der Waals surface area (Å²) < 4.78 is 16.7. The first-order valence-electron chi connectivity index (χ1n) is 9.02. The molecule has 0 unspecified atom stereocenters. The average molecular weight is 412 g/mol. The first kappa shape index (κ1) is 19.2. The van der Waals surface area contributed by atoms with Crippen molar-refractivity contribution in [1.82, 2.24) is 34.5 Å². The van der Waals surface area contributed by atoms with Crippen LogP contribution in [0.2, 0.25) is 5.02 Å². The topological polar surface area (TPSA) is 74.3 Å². The number of pyridine rings is 1. The molecule has 0 aliphatic carbocycles. The normalized spacial score (nSPS) is 11.2. The lowest BCUT2D eigenvalue weighted by molar-refractivity contribution is 0.621. The van der Waals surface area contributed by atoms with Gasteiger partial charge in [-0.1, -0.05) is 11.6 Å². The van der Waals surface area contributed by atoms with E-state index in [0.717, 1.165) is 34.0 Å². The second-order valence-corrected chi connectivity index (χ2v) is 7.22. The van der Waals surface area contributed by atoms with Crippen molar-refractivity contribution < 1.29 is 4.39 Å². The van der Waals surface area contributed by atoms with Crippen molar-refractivity contribution >= 4 is 11.6 Å². The first-order valence-corrected chi connectivity index (χ1v) is 9.40. The quantitative estimate of drug-likeness (QED) is 0.511. The van der Waals surface area contributed by atoms with E-state index in [1.54, 1.807) is 15.4 Å². The van der Waals surface area contributed by atoms with Gasteiger partial charge in [0.05, 0.1) is 45.4 Å². The Hall–Kier alpha value is -3.13. The van der Waals surface area contributed by atoms with Crippen LogP contribution in [0.25, 0.3) is 17.2 Å². The predicted octanol–water partition coefficient (Wildman–Crippen LogP) is 3.77. The zero-order chi connectivity index (χ0) is 20.7. The van der Waals surface area contributed by atoms with Crippen LogP contribution in [0, 0.1) is 26.6 Å². The maximum atomic E-state index is 13.2. The fourth-order valence-corrected chi connectivity index (χ4v) is 3.46. The molecule has 0 amide bonds. The standard InChI is InChI=1S/C20H19ClFN7/c1-11-17(27-28(4)20(11)16-6-5-14(22)9-23-16)7-15-8-18(25-10-24-15)29-13(3)19(21)12(2)26-29/h5-6,8-10H,7H2,1-4H3. The van der Waals surface area contributed by atoms with Gasteiger partial charge in [-0.2, -0.15) is 10.2 Å². The SMILES string of the molecule is Cc1nn(-c2cc(Cc3nn(C)c(-c4ccc(F)cn4)c3C)ncn2)c(C)c1Cl. The van der Waals surface area contributed by atoms with Crippen molar-refractivity contribution in [3.8, 4) is 17.2 Å². The van der Waals surface area contributed by atoms with Crippen molar-refractivity contribution in [2.75, 3.05) is 0 Å². The Morgan fingerprint density at radius 3 is 2.52 bits per heavy atom. The minimum atomic E-state index is -0.369. The molecule has 29 heavy (non-hydrogen) atoms. The van der Waals surface area contributed by atoms with Gasteiger partial charge in [-0.3, -0.25) is 9.67 Å². The molecule has 0 fully saturated rings. The summed E-state index contributed by atoms with van der Waals surface area (Å²) in [6.45, 7) is 5.73. The third-order valence-electron chi connectivity index (χ3n) is 4.83. The molecule has 148 valence electrons. The van der Waals surface area contributed by atoms with E-state index in [2.05, 4.69) is 25.1 Å². The highest BCUT2D eigenvalue weighted by molar-refractivity contribution is 6.31. The fourth-order valence-electron chi connectivity index (χ4n) is 3.34. The lowest BCUT2D eigenvalue weighted by Crippen LogP contribution is -2.05. The van der Waals surface area contributed by atoms with E-state index in [9.17, 15) is 4.39 Å². The van der Waals surface area contributed by atoms with Gasteiger partial charge < -0.3 is 0 Å². The summed E-state index contributed by atoms with van der Waals surface area (Å²) in [6, 6.07) is 4.92. The van der Waals surface area contributed by atoms with Gasteiger partial charge in [-0.15, -0.1) is 0 Å². The Kier molecular flexibility index (Phi) is 4.87. The molecule has 0 aromatic carbocycles. The highest BCUT2D eigenvalue weighted by Crippen LogP contribution is 2.26. The van der Waals surface area contributed by atoms with Gasteiger partial charge in [0.25, 0.3) is 0 Å². The molecule has 0 saturated heterocycles. The van der Waals surface area contributed by atoms with Crippen LogP contribution in [0.4, 0.5) is 4.39 Å². The monoisotopic (exact) mass is 411 g/mol. The summed E-state index contributed by atoms with van der Waals surface area (Å²) in [6.07, 6.45) is 3.23. The minimum Gasteiger partial charge on any atom is -0.266 e. The Labute approximate surface area is 172 Å². The molecule has 4 rings (SSSR count). The van der Waals surface area contributed by atoms with Crippen molar-refractivity contribution in [1.29, 1.82) is 0 Å². The molecule has 4 aromatic heterocycles. The van der Waals surface area contributed by atoms with Gasteiger partial charge in [0.2, 0.25) is 0 Å². The van der Waals surface area contributed by atoms with Crippen LogP contribution >= 0.6 is 11.6 Å². The summed E-state index contributed by atoms with van der Waals surface area (Å²) in [5.41, 5.74) is 5.74. The number of aryl methyl sites for hydroxylation is 2. The third-order valence-corrected chi connectivity index (χ3v) is 5.38. The van der Waals surface area contributed by atoms with Crippen molar-refractivity contribution in [3.63, 3.8) is 0 Å². The number of halogens is 2. The Morgan fingerprint density at radius 1 is 1.07 bits per heavy atom. The van der Waals surface area contributed by atoms with E-state index in [1.807, 2.05) is 33.9 Å². The van der Waals surface area contributed by atoms with Crippen LogP contribution in [0.5, 0.6) is 0 Å². The summed E-state index contributed by atoms with van der Waals surface area (Å²) in [5, 5.41) is 9.69. The molecule has 0 radical (unpaired) electrons. The summed E-state index contributed by atoms with van der Waals surface area (Å²) >= 11 is 6.26. The second-order valence-electron chi connectivity index (χ2n) is 6.85. The summed E-state index contributed by atoms with van der Waals surface area (Å²) in [7, 11) is 1.85. The van der Waals surface area contributed by atoms with Gasteiger partial charge >= 0.3 is 0 Å². The Morgan fingerprint density at radius 2 is 1.86 bits per heavy atom. The van der Waals surface area contributed by atoms with E-state index in [0.29, 0.717) is 23.0 Å². The van der Waals surface area contributed by atoms with Crippen LogP contribution in [-0.2, 0) is 13.5 Å². The third kappa shape index (κ3) is 3.51. The Bertz CT molecular complexity index is 1190. The van der Waals surface area contributed by atoms with E-state index in [1.165, 1.54) is 18.6 Å². The minimum absolute atomic E-state index is 0.369.